The molecule has 0 bridgehead atoms. The molecule has 0 fully saturated rings. The van der Waals surface area contributed by atoms with E-state index in [-0.39, 0.29) is 135 Å². The second-order valence-electron chi connectivity index (χ2n) is 19.7. The van der Waals surface area contributed by atoms with Gasteiger partial charge >= 0.3 is 0 Å². The van der Waals surface area contributed by atoms with Gasteiger partial charge in [0.1, 0.15) is 41.6 Å². The average Bonchev–Trinajstić information content (AvgIpc) is 1.26. The van der Waals surface area contributed by atoms with Gasteiger partial charge in [-0.25, -0.2) is 0 Å². The molecule has 466 valence electrons. The van der Waals surface area contributed by atoms with Gasteiger partial charge in [0.25, 0.3) is 64.1 Å². The first-order chi connectivity index (χ1) is 41.6. The van der Waals surface area contributed by atoms with Crippen molar-refractivity contribution in [3.05, 3.63) is 120 Å². The van der Waals surface area contributed by atoms with Crippen molar-refractivity contribution in [3.63, 3.8) is 0 Å². The third-order valence-corrected chi connectivity index (χ3v) is 17.5. The van der Waals surface area contributed by atoms with Gasteiger partial charge in [0.2, 0.25) is 0 Å². The fourth-order valence-electron chi connectivity index (χ4n) is 9.69. The number of carbonyl (C=O) groups excluding carboxylic acids is 4. The third kappa shape index (κ3) is 15.1. The molecule has 0 aliphatic heterocycles. The van der Waals surface area contributed by atoms with Crippen LogP contribution in [0.4, 0.5) is 0 Å². The maximum absolute atomic E-state index is 13.5. The summed E-state index contributed by atoms with van der Waals surface area (Å²) in [4.78, 5) is 71.0. The lowest BCUT2D eigenvalue weighted by Gasteiger charge is -2.28. The molecule has 8 rings (SSSR count). The lowest BCUT2D eigenvalue weighted by molar-refractivity contribution is 0.0934. The van der Waals surface area contributed by atoms with Gasteiger partial charge in [-0.15, -0.1) is 0 Å². The zero-order valence-electron chi connectivity index (χ0n) is 45.9. The summed E-state index contributed by atoms with van der Waals surface area (Å²) in [7, 11) is -19.6. The van der Waals surface area contributed by atoms with Gasteiger partial charge in [0.15, 0.2) is 23.0 Å². The van der Waals surface area contributed by atoms with Crippen LogP contribution < -0.4 is 21.3 Å². The minimum Gasteiger partial charge on any atom is -0.505 e. The molecule has 4 amide bonds. The van der Waals surface area contributed by atoms with E-state index in [4.69, 9.17) is 0 Å². The fourth-order valence-corrected chi connectivity index (χ4v) is 12.5. The predicted octanol–water partition coefficient (Wildman–Crippen LogP) is 2.87. The highest BCUT2D eigenvalue weighted by Gasteiger charge is 2.28. The molecule has 0 unspecified atom stereocenters. The van der Waals surface area contributed by atoms with Crippen LogP contribution in [0.3, 0.4) is 0 Å². The summed E-state index contributed by atoms with van der Waals surface area (Å²) in [5.41, 5.74) is -3.10. The molecule has 8 aromatic rings. The second-order valence-corrected chi connectivity index (χ2v) is 25.3. The summed E-state index contributed by atoms with van der Waals surface area (Å²) in [5.74, 6) is -6.30. The Morgan fingerprint density at radius 2 is 0.557 bits per heavy atom. The van der Waals surface area contributed by atoms with E-state index in [2.05, 4.69) is 41.2 Å². The van der Waals surface area contributed by atoms with E-state index in [1.807, 2.05) is 9.80 Å². The molecule has 0 aliphatic carbocycles. The first-order valence-corrected chi connectivity index (χ1v) is 32.2. The van der Waals surface area contributed by atoms with Crippen molar-refractivity contribution in [1.82, 2.24) is 51.0 Å². The number of carbonyl (C=O) groups is 4. The molecule has 12 N–H and O–H groups in total. The smallest absolute Gasteiger partial charge is 0.295 e. The quantitative estimate of drug-likeness (QED) is 0.0260. The van der Waals surface area contributed by atoms with Gasteiger partial charge in [-0.3, -0.25) is 57.3 Å². The number of benzene rings is 4. The molecule has 4 heterocycles. The van der Waals surface area contributed by atoms with Crippen molar-refractivity contribution in [2.75, 3.05) is 65.4 Å². The maximum atomic E-state index is 13.5. The number of nitrogens with one attached hydrogen (secondary N) is 4. The number of phenols is 4. The summed E-state index contributed by atoms with van der Waals surface area (Å²) in [6.07, 6.45) is 5.74. The van der Waals surface area contributed by atoms with E-state index >= 15 is 0 Å². The minimum atomic E-state index is -4.91. The number of aromatic hydroxyl groups is 4. The van der Waals surface area contributed by atoms with E-state index in [1.54, 1.807) is 0 Å². The SMILES string of the molecule is O=C(NCCCN(CCCNC(=O)c1cc(S(=O)(=O)O)c2cccnc2c1O)CCN(CCCNC(=O)c1cc(S(=O)(=O)O)c2cccnc2c1O)CCCNC(=O)c1cc(S(=O)(=O)O)c2cccnc2c1O)c1cc(S(=O)(=O)O)c2cccnc2c1O. The van der Waals surface area contributed by atoms with E-state index in [9.17, 15) is 91.5 Å². The molecule has 4 aromatic carbocycles. The average molecular weight is 1290 g/mol. The topological polar surface area (TPSA) is 473 Å². The minimum absolute atomic E-state index is 0.0788. The lowest BCUT2D eigenvalue weighted by atomic mass is 10.1. The first-order valence-electron chi connectivity index (χ1n) is 26.5. The zero-order valence-corrected chi connectivity index (χ0v) is 49.2. The standard InChI is InChI=1S/C54H56N10O20S4/c65-47-35(27-39(85(73,74)75)31-9-1-13-55-43(31)47)51(69)59-17-5-21-63(22-6-18-60-52(70)36-28-40(86(76,77)78)32-10-2-14-56-44(32)48(36)66)25-26-64(23-7-19-61-53(71)37-29-41(87(79,80)81)33-11-3-15-57-45(33)49(37)67)24-8-20-62-54(72)38-30-42(88(82,83)84)34-12-4-16-58-46(34)50(38)68/h1-4,9-16,27-30,65-68H,5-8,17-26H2,(H,59,69)(H,60,70)(H,61,71)(H,62,72)(H,73,74,75)(H,76,77,78)(H,79,80,81)(H,82,83,84). The Labute approximate surface area is 501 Å². The highest BCUT2D eigenvalue weighted by molar-refractivity contribution is 7.86. The third-order valence-electron chi connectivity index (χ3n) is 13.9. The summed E-state index contributed by atoms with van der Waals surface area (Å²) in [5, 5.41) is 53.8. The Morgan fingerprint density at radius 3 is 0.750 bits per heavy atom. The molecule has 88 heavy (non-hydrogen) atoms. The summed E-state index contributed by atoms with van der Waals surface area (Å²) >= 11 is 0. The van der Waals surface area contributed by atoms with Crippen LogP contribution in [0.5, 0.6) is 23.0 Å². The number of phenolic OH excluding ortho intramolecular Hbond substituents is 4. The Hall–Kier alpha value is -8.84. The number of hydrogen-bond donors (Lipinski definition) is 12. The Bertz CT molecular complexity index is 3970. The van der Waals surface area contributed by atoms with Crippen molar-refractivity contribution >= 4 is 108 Å². The van der Waals surface area contributed by atoms with Crippen molar-refractivity contribution in [2.45, 2.75) is 45.3 Å². The largest absolute Gasteiger partial charge is 0.505 e. The molecule has 0 radical (unpaired) electrons. The summed E-state index contributed by atoms with van der Waals surface area (Å²) < 4.78 is 138. The van der Waals surface area contributed by atoms with E-state index in [1.165, 1.54) is 73.3 Å². The van der Waals surface area contributed by atoms with Crippen molar-refractivity contribution in [2.24, 2.45) is 0 Å². The number of fused-ring (bicyclic) bond motifs is 4. The number of aromatic nitrogens is 4. The predicted molar refractivity (Wildman–Crippen MR) is 314 cm³/mol. The molecule has 0 spiro atoms. The van der Waals surface area contributed by atoms with Crippen molar-refractivity contribution < 1.29 is 91.5 Å². The van der Waals surface area contributed by atoms with Crippen LogP contribution >= 0.6 is 0 Å². The summed E-state index contributed by atoms with van der Waals surface area (Å²) in [6.45, 7) is 0.940. The number of rotatable bonds is 27. The molecular formula is C54H56N10O20S4. The summed E-state index contributed by atoms with van der Waals surface area (Å²) in [6, 6.07) is 13.8. The lowest BCUT2D eigenvalue weighted by Crippen LogP contribution is -2.40. The van der Waals surface area contributed by atoms with E-state index in [0.717, 1.165) is 24.3 Å². The second kappa shape index (κ2) is 27.0. The molecule has 0 saturated carbocycles. The number of nitrogens with zero attached hydrogens (tertiary/aromatic N) is 6. The van der Waals surface area contributed by atoms with E-state index < -0.39 is 129 Å². The fraction of sp³-hybridized carbons (Fsp3) is 0.259. The monoisotopic (exact) mass is 1290 g/mol. The first kappa shape index (κ1) is 65.1. The van der Waals surface area contributed by atoms with Crippen LogP contribution in [0.15, 0.2) is 117 Å². The highest BCUT2D eigenvalue weighted by atomic mass is 32.2. The molecular weight excluding hydrogens is 1240 g/mol. The van der Waals surface area contributed by atoms with Crippen molar-refractivity contribution in [1.29, 1.82) is 0 Å². The van der Waals surface area contributed by atoms with Crippen LogP contribution in [0.25, 0.3) is 43.6 Å². The maximum Gasteiger partial charge on any atom is 0.295 e. The van der Waals surface area contributed by atoms with Crippen LogP contribution in [-0.2, 0) is 40.5 Å². The normalized spacial score (nSPS) is 12.3. The number of pyridine rings is 4. The Balaban J connectivity index is 0.992. The van der Waals surface area contributed by atoms with Gasteiger partial charge < -0.3 is 51.5 Å². The van der Waals surface area contributed by atoms with Gasteiger partial charge in [-0.2, -0.15) is 33.7 Å². The molecule has 0 saturated heterocycles. The van der Waals surface area contributed by atoms with Crippen LogP contribution in [0.2, 0.25) is 0 Å². The van der Waals surface area contributed by atoms with E-state index in [0.29, 0.717) is 0 Å². The molecule has 4 aromatic heterocycles. The van der Waals surface area contributed by atoms with Crippen LogP contribution in [0.1, 0.15) is 67.1 Å². The van der Waals surface area contributed by atoms with Gasteiger partial charge in [-0.1, -0.05) is 0 Å². The van der Waals surface area contributed by atoms with Crippen molar-refractivity contribution in [3.8, 4) is 23.0 Å². The van der Waals surface area contributed by atoms with Gasteiger partial charge in [-0.05, 0) is 125 Å². The molecule has 0 atom stereocenters. The zero-order chi connectivity index (χ0) is 63.9. The Morgan fingerprint density at radius 1 is 0.352 bits per heavy atom. The molecule has 30 nitrogen and oxygen atoms in total. The van der Waals surface area contributed by atoms with Gasteiger partial charge in [0.05, 0.1) is 22.3 Å². The van der Waals surface area contributed by atoms with Crippen LogP contribution in [0, 0.1) is 0 Å². The molecule has 34 heteroatoms. The van der Waals surface area contributed by atoms with Crippen LogP contribution in [-0.4, -0.2) is 191 Å². The molecule has 0 aliphatic rings. The number of amides is 4. The highest BCUT2D eigenvalue weighted by Crippen LogP contribution is 2.36. The Kier molecular flexibility index (Phi) is 20.0. The van der Waals surface area contributed by atoms with Gasteiger partial charge in [0, 0.05) is 85.6 Å². The number of hydrogen-bond acceptors (Lipinski definition) is 22.